The summed E-state index contributed by atoms with van der Waals surface area (Å²) in [5.74, 6) is -1.23. The molecule has 1 aromatic carbocycles. The Balaban J connectivity index is 2.52. The highest BCUT2D eigenvalue weighted by Crippen LogP contribution is 2.47. The van der Waals surface area contributed by atoms with Crippen LogP contribution in [0.3, 0.4) is 0 Å². The minimum Gasteiger partial charge on any atom is -0.483 e. The lowest BCUT2D eigenvalue weighted by Gasteiger charge is -2.33. The molecule has 12 nitrogen and oxygen atoms in total. The molecule has 0 heterocycles. The second-order valence-corrected chi connectivity index (χ2v) is 13.4. The van der Waals surface area contributed by atoms with Crippen molar-refractivity contribution in [3.8, 4) is 11.5 Å². The first-order valence-electron chi connectivity index (χ1n) is 18.4. The maximum Gasteiger partial charge on any atom is 0.328 e. The number of carbonyl (C=O) groups is 4. The standard InChI is InChI=1S/C39H62N4O8/c1-7-8-9-14-28-22-33(50-24-35(44)42-31(38(46)48-5)15-10-12-19-40)37(30-21-27(4)17-18-29(30)26(2)3)34(23-28)51-25-36(45)43-32(39(47)49-6)16-11-13-20-41/h21-23,29-32H,2,7-20,24-25,40-41H2,1,3-6H3,(H,42,44)(H,43,45)/t29-,30+,31-,32-/m0/s1. The molecule has 2 rings (SSSR count). The second kappa shape index (κ2) is 23.6. The summed E-state index contributed by atoms with van der Waals surface area (Å²) in [6.45, 7) is 10.8. The van der Waals surface area contributed by atoms with Crippen LogP contribution in [-0.2, 0) is 35.1 Å². The zero-order chi connectivity index (χ0) is 37.8. The zero-order valence-corrected chi connectivity index (χ0v) is 31.5. The summed E-state index contributed by atoms with van der Waals surface area (Å²) in [5.41, 5.74) is 15.1. The lowest BCUT2D eigenvalue weighted by Crippen LogP contribution is -2.43. The number of amides is 2. The summed E-state index contributed by atoms with van der Waals surface area (Å²) < 4.78 is 22.5. The number of hydrogen-bond acceptors (Lipinski definition) is 10. The number of rotatable bonds is 24. The number of nitrogens with two attached hydrogens (primary N) is 2. The van der Waals surface area contributed by atoms with Gasteiger partial charge >= 0.3 is 11.9 Å². The largest absolute Gasteiger partial charge is 0.483 e. The van der Waals surface area contributed by atoms with Crippen molar-refractivity contribution in [2.75, 3.05) is 40.5 Å². The van der Waals surface area contributed by atoms with E-state index < -0.39 is 35.8 Å². The van der Waals surface area contributed by atoms with Gasteiger partial charge in [-0.1, -0.05) is 43.6 Å². The third-order valence-electron chi connectivity index (χ3n) is 9.20. The fraction of sp³-hybridized carbons (Fsp3) is 0.641. The molecule has 0 radical (unpaired) electrons. The van der Waals surface area contributed by atoms with E-state index in [9.17, 15) is 19.2 Å². The Labute approximate surface area is 304 Å². The Morgan fingerprint density at radius 1 is 0.843 bits per heavy atom. The predicted molar refractivity (Wildman–Crippen MR) is 198 cm³/mol. The first kappa shape index (κ1) is 43.3. The molecule has 51 heavy (non-hydrogen) atoms. The van der Waals surface area contributed by atoms with Crippen LogP contribution in [0.4, 0.5) is 0 Å². The summed E-state index contributed by atoms with van der Waals surface area (Å²) in [7, 11) is 2.57. The molecular weight excluding hydrogens is 652 g/mol. The SMILES string of the molecule is C=C(C)[C@@H]1CCC(C)=C[C@H]1c1c(OCC(=O)N[C@@H](CCCCN)C(=O)OC)cc(CCCCC)cc1OCC(=O)N[C@@H](CCCCN)C(=O)OC. The van der Waals surface area contributed by atoms with Crippen molar-refractivity contribution in [3.05, 3.63) is 47.1 Å². The highest BCUT2D eigenvalue weighted by Gasteiger charge is 2.32. The summed E-state index contributed by atoms with van der Waals surface area (Å²) in [6, 6.07) is 2.25. The van der Waals surface area contributed by atoms with Gasteiger partial charge in [0, 0.05) is 11.5 Å². The number of allylic oxidation sites excluding steroid dienone is 3. The third kappa shape index (κ3) is 14.7. The van der Waals surface area contributed by atoms with E-state index in [2.05, 4.69) is 37.1 Å². The van der Waals surface area contributed by atoms with E-state index in [4.69, 9.17) is 30.4 Å². The number of benzene rings is 1. The van der Waals surface area contributed by atoms with Gasteiger partial charge in [0.05, 0.1) is 14.2 Å². The minimum atomic E-state index is -0.823. The number of methoxy groups -OCH3 is 2. The molecule has 2 amide bonds. The summed E-state index contributed by atoms with van der Waals surface area (Å²) >= 11 is 0. The van der Waals surface area contributed by atoms with Crippen molar-refractivity contribution in [1.82, 2.24) is 10.6 Å². The van der Waals surface area contributed by atoms with Crippen molar-refractivity contribution in [2.45, 2.75) is 116 Å². The van der Waals surface area contributed by atoms with E-state index in [1.165, 1.54) is 19.8 Å². The fourth-order valence-corrected chi connectivity index (χ4v) is 6.38. The van der Waals surface area contributed by atoms with Gasteiger partial charge in [-0.2, -0.15) is 0 Å². The van der Waals surface area contributed by atoms with Crippen molar-refractivity contribution in [3.63, 3.8) is 0 Å². The molecular formula is C39H62N4O8. The second-order valence-electron chi connectivity index (χ2n) is 13.4. The molecule has 12 heteroatoms. The van der Waals surface area contributed by atoms with Crippen LogP contribution < -0.4 is 31.6 Å². The lowest BCUT2D eigenvalue weighted by atomic mass is 9.73. The van der Waals surface area contributed by atoms with Gasteiger partial charge in [-0.3, -0.25) is 9.59 Å². The Bertz CT molecular complexity index is 1260. The highest BCUT2D eigenvalue weighted by atomic mass is 16.5. The quantitative estimate of drug-likeness (QED) is 0.0662. The fourth-order valence-electron chi connectivity index (χ4n) is 6.38. The number of esters is 2. The van der Waals surface area contributed by atoms with E-state index in [-0.39, 0.29) is 25.0 Å². The van der Waals surface area contributed by atoms with E-state index in [1.807, 2.05) is 19.1 Å². The van der Waals surface area contributed by atoms with Gasteiger partial charge in [-0.05, 0) is 115 Å². The molecule has 0 bridgehead atoms. The summed E-state index contributed by atoms with van der Waals surface area (Å²) in [4.78, 5) is 51.3. The molecule has 1 aromatic rings. The van der Waals surface area contributed by atoms with Crippen LogP contribution in [0.25, 0.3) is 0 Å². The molecule has 286 valence electrons. The van der Waals surface area contributed by atoms with Crippen LogP contribution in [0.5, 0.6) is 11.5 Å². The van der Waals surface area contributed by atoms with Gasteiger partial charge in [-0.15, -0.1) is 0 Å². The van der Waals surface area contributed by atoms with E-state index >= 15 is 0 Å². The van der Waals surface area contributed by atoms with Gasteiger partial charge in [-0.25, -0.2) is 9.59 Å². The van der Waals surface area contributed by atoms with Crippen LogP contribution in [0.15, 0.2) is 35.9 Å². The Kier molecular flexibility index (Phi) is 20.0. The van der Waals surface area contributed by atoms with Crippen molar-refractivity contribution < 1.29 is 38.1 Å². The van der Waals surface area contributed by atoms with Gasteiger partial charge in [0.1, 0.15) is 23.6 Å². The van der Waals surface area contributed by atoms with Gasteiger partial charge in [0.15, 0.2) is 13.2 Å². The number of unbranched alkanes of at least 4 members (excludes halogenated alkanes) is 4. The topological polar surface area (TPSA) is 181 Å². The number of carbonyl (C=O) groups excluding carboxylic acids is 4. The maximum atomic E-state index is 13.2. The van der Waals surface area contributed by atoms with E-state index in [0.717, 1.165) is 49.7 Å². The van der Waals surface area contributed by atoms with Crippen LogP contribution >= 0.6 is 0 Å². The normalized spacial score (nSPS) is 16.6. The zero-order valence-electron chi connectivity index (χ0n) is 31.5. The Morgan fingerprint density at radius 3 is 1.78 bits per heavy atom. The van der Waals surface area contributed by atoms with E-state index in [0.29, 0.717) is 68.7 Å². The molecule has 4 atom stereocenters. The predicted octanol–water partition coefficient (Wildman–Crippen LogP) is 4.77. The first-order chi connectivity index (χ1) is 24.5. The molecule has 0 aromatic heterocycles. The summed E-state index contributed by atoms with van der Waals surface area (Å²) in [5, 5.41) is 5.51. The van der Waals surface area contributed by atoms with Crippen molar-refractivity contribution in [2.24, 2.45) is 17.4 Å². The molecule has 0 spiro atoms. The monoisotopic (exact) mass is 714 g/mol. The molecule has 6 N–H and O–H groups in total. The molecule has 1 aliphatic rings. The van der Waals surface area contributed by atoms with Gasteiger partial charge in [0.25, 0.3) is 11.8 Å². The molecule has 0 aliphatic heterocycles. The minimum absolute atomic E-state index is 0.0597. The van der Waals surface area contributed by atoms with Crippen molar-refractivity contribution >= 4 is 23.8 Å². The molecule has 0 unspecified atom stereocenters. The molecule has 1 aliphatic carbocycles. The molecule has 0 saturated carbocycles. The molecule has 0 fully saturated rings. The number of aryl methyl sites for hydroxylation is 1. The highest BCUT2D eigenvalue weighted by molar-refractivity contribution is 5.86. The average molecular weight is 715 g/mol. The smallest absolute Gasteiger partial charge is 0.328 e. The van der Waals surface area contributed by atoms with Crippen LogP contribution in [-0.4, -0.2) is 76.4 Å². The Hall–Kier alpha value is -3.90. The third-order valence-corrected chi connectivity index (χ3v) is 9.20. The molecule has 0 saturated heterocycles. The van der Waals surface area contributed by atoms with Crippen LogP contribution in [0.2, 0.25) is 0 Å². The number of ether oxygens (including phenoxy) is 4. The van der Waals surface area contributed by atoms with Gasteiger partial charge < -0.3 is 41.0 Å². The summed E-state index contributed by atoms with van der Waals surface area (Å²) in [6.07, 6.45) is 11.2. The maximum absolute atomic E-state index is 13.2. The van der Waals surface area contributed by atoms with Crippen LogP contribution in [0.1, 0.15) is 108 Å². The first-order valence-corrected chi connectivity index (χ1v) is 18.4. The number of nitrogens with one attached hydrogen (secondary N) is 2. The Morgan fingerprint density at radius 2 is 1.35 bits per heavy atom. The number of hydrogen-bond donors (Lipinski definition) is 4. The average Bonchev–Trinajstić information content (AvgIpc) is 3.11. The van der Waals surface area contributed by atoms with Crippen molar-refractivity contribution in [1.29, 1.82) is 0 Å². The van der Waals surface area contributed by atoms with Crippen LogP contribution in [0, 0.1) is 5.92 Å². The van der Waals surface area contributed by atoms with E-state index in [1.54, 1.807) is 0 Å². The lowest BCUT2D eigenvalue weighted by molar-refractivity contribution is -0.145. The van der Waals surface area contributed by atoms with Gasteiger partial charge in [0.2, 0.25) is 0 Å².